The van der Waals surface area contributed by atoms with E-state index in [1.54, 1.807) is 0 Å². The van der Waals surface area contributed by atoms with Gasteiger partial charge in [-0.1, -0.05) is 56.3 Å². The van der Waals surface area contributed by atoms with Crippen LogP contribution in [0.25, 0.3) is 11.1 Å². The van der Waals surface area contributed by atoms with Crippen molar-refractivity contribution in [2.45, 2.75) is 39.2 Å². The SMILES string of the molecule is CCNC1CCc2cc(-c3ccc(CC)cc3)ccc21. The molecule has 0 aromatic heterocycles. The highest BCUT2D eigenvalue weighted by molar-refractivity contribution is 5.65. The molecule has 3 rings (SSSR count). The lowest BCUT2D eigenvalue weighted by atomic mass is 9.98. The maximum absolute atomic E-state index is 3.57. The van der Waals surface area contributed by atoms with Gasteiger partial charge in [0.2, 0.25) is 0 Å². The fourth-order valence-corrected chi connectivity index (χ4v) is 3.19. The fraction of sp³-hybridized carbons (Fsp3) is 0.368. The zero-order valence-corrected chi connectivity index (χ0v) is 12.4. The van der Waals surface area contributed by atoms with Crippen LogP contribution in [0.15, 0.2) is 42.5 Å². The Balaban J connectivity index is 1.89. The Bertz CT molecular complexity index is 583. The monoisotopic (exact) mass is 265 g/mol. The van der Waals surface area contributed by atoms with Crippen LogP contribution < -0.4 is 5.32 Å². The lowest BCUT2D eigenvalue weighted by molar-refractivity contribution is 0.549. The van der Waals surface area contributed by atoms with Gasteiger partial charge in [0.1, 0.15) is 0 Å². The zero-order valence-electron chi connectivity index (χ0n) is 12.4. The third kappa shape index (κ3) is 2.51. The van der Waals surface area contributed by atoms with Crippen LogP contribution in [0.4, 0.5) is 0 Å². The van der Waals surface area contributed by atoms with Crippen molar-refractivity contribution < 1.29 is 0 Å². The Morgan fingerprint density at radius 2 is 1.75 bits per heavy atom. The van der Waals surface area contributed by atoms with Gasteiger partial charge < -0.3 is 5.32 Å². The van der Waals surface area contributed by atoms with Crippen LogP contribution in [0, 0.1) is 0 Å². The molecule has 1 aliphatic rings. The summed E-state index contributed by atoms with van der Waals surface area (Å²) in [6.07, 6.45) is 3.55. The van der Waals surface area contributed by atoms with Crippen molar-refractivity contribution in [1.29, 1.82) is 0 Å². The molecule has 0 heterocycles. The van der Waals surface area contributed by atoms with Crippen LogP contribution in [0.3, 0.4) is 0 Å². The van der Waals surface area contributed by atoms with E-state index in [9.17, 15) is 0 Å². The number of hydrogen-bond acceptors (Lipinski definition) is 1. The molecule has 0 aliphatic heterocycles. The third-order valence-electron chi connectivity index (χ3n) is 4.37. The van der Waals surface area contributed by atoms with E-state index in [1.807, 2.05) is 0 Å². The molecule has 1 aliphatic carbocycles. The summed E-state index contributed by atoms with van der Waals surface area (Å²) in [5, 5.41) is 3.57. The van der Waals surface area contributed by atoms with Gasteiger partial charge in [0.15, 0.2) is 0 Å². The number of rotatable bonds is 4. The van der Waals surface area contributed by atoms with Crippen LogP contribution in [-0.2, 0) is 12.8 Å². The molecular formula is C19H23N. The van der Waals surface area contributed by atoms with Crippen molar-refractivity contribution in [1.82, 2.24) is 5.32 Å². The van der Waals surface area contributed by atoms with E-state index < -0.39 is 0 Å². The molecule has 1 N–H and O–H groups in total. The Morgan fingerprint density at radius 1 is 1.00 bits per heavy atom. The molecule has 1 heteroatoms. The standard InChI is InChI=1S/C19H23N/c1-3-14-5-7-15(8-6-14)16-9-11-18-17(13-16)10-12-19(18)20-4-2/h5-9,11,13,19-20H,3-4,10,12H2,1-2H3. The van der Waals surface area contributed by atoms with E-state index in [-0.39, 0.29) is 0 Å². The van der Waals surface area contributed by atoms with Gasteiger partial charge in [-0.25, -0.2) is 0 Å². The van der Waals surface area contributed by atoms with Crippen molar-refractivity contribution in [2.75, 3.05) is 6.54 Å². The molecule has 0 saturated carbocycles. The highest BCUT2D eigenvalue weighted by Gasteiger charge is 2.21. The molecule has 0 spiro atoms. The summed E-state index contributed by atoms with van der Waals surface area (Å²) in [4.78, 5) is 0. The average molecular weight is 265 g/mol. The summed E-state index contributed by atoms with van der Waals surface area (Å²) in [6.45, 7) is 5.43. The summed E-state index contributed by atoms with van der Waals surface area (Å²) >= 11 is 0. The first-order valence-electron chi connectivity index (χ1n) is 7.77. The van der Waals surface area contributed by atoms with Crippen LogP contribution >= 0.6 is 0 Å². The lowest BCUT2D eigenvalue weighted by Crippen LogP contribution is -2.18. The summed E-state index contributed by atoms with van der Waals surface area (Å²) < 4.78 is 0. The molecule has 104 valence electrons. The minimum Gasteiger partial charge on any atom is -0.310 e. The molecule has 2 aromatic rings. The first-order chi connectivity index (χ1) is 9.81. The van der Waals surface area contributed by atoms with E-state index in [0.717, 1.165) is 13.0 Å². The quantitative estimate of drug-likeness (QED) is 0.857. The molecule has 1 unspecified atom stereocenters. The summed E-state index contributed by atoms with van der Waals surface area (Å²) in [6, 6.07) is 16.5. The maximum Gasteiger partial charge on any atom is 0.0326 e. The van der Waals surface area contributed by atoms with E-state index in [0.29, 0.717) is 6.04 Å². The second-order valence-electron chi connectivity index (χ2n) is 5.61. The zero-order chi connectivity index (χ0) is 13.9. The van der Waals surface area contributed by atoms with Crippen molar-refractivity contribution in [3.63, 3.8) is 0 Å². The van der Waals surface area contributed by atoms with Crippen LogP contribution in [0.1, 0.15) is 43.0 Å². The highest BCUT2D eigenvalue weighted by atomic mass is 14.9. The minimum absolute atomic E-state index is 0.562. The van der Waals surface area contributed by atoms with Gasteiger partial charge in [0.25, 0.3) is 0 Å². The predicted molar refractivity (Wildman–Crippen MR) is 86.0 cm³/mol. The highest BCUT2D eigenvalue weighted by Crippen LogP contribution is 2.34. The van der Waals surface area contributed by atoms with Gasteiger partial charge in [-0.2, -0.15) is 0 Å². The first-order valence-corrected chi connectivity index (χ1v) is 7.77. The molecule has 0 bridgehead atoms. The van der Waals surface area contributed by atoms with Gasteiger partial charge in [0.05, 0.1) is 0 Å². The van der Waals surface area contributed by atoms with E-state index >= 15 is 0 Å². The number of hydrogen-bond donors (Lipinski definition) is 1. The molecule has 1 nitrogen and oxygen atoms in total. The number of fused-ring (bicyclic) bond motifs is 1. The Kier molecular flexibility index (Phi) is 3.88. The van der Waals surface area contributed by atoms with Gasteiger partial charge in [0, 0.05) is 6.04 Å². The Hall–Kier alpha value is -1.60. The molecule has 0 fully saturated rings. The van der Waals surface area contributed by atoms with Gasteiger partial charge >= 0.3 is 0 Å². The second-order valence-corrected chi connectivity index (χ2v) is 5.61. The maximum atomic E-state index is 3.57. The molecule has 2 aromatic carbocycles. The number of nitrogens with one attached hydrogen (secondary N) is 1. The predicted octanol–water partition coefficient (Wildman–Crippen LogP) is 4.51. The Morgan fingerprint density at radius 3 is 2.45 bits per heavy atom. The summed E-state index contributed by atoms with van der Waals surface area (Å²) in [5.41, 5.74) is 7.11. The van der Waals surface area contributed by atoms with Crippen molar-refractivity contribution in [3.05, 3.63) is 59.2 Å². The molecule has 0 radical (unpaired) electrons. The summed E-state index contributed by atoms with van der Waals surface area (Å²) in [5.74, 6) is 0. The topological polar surface area (TPSA) is 12.0 Å². The minimum atomic E-state index is 0.562. The molecule has 0 amide bonds. The normalized spacial score (nSPS) is 17.2. The number of aryl methyl sites for hydroxylation is 2. The summed E-state index contributed by atoms with van der Waals surface area (Å²) in [7, 11) is 0. The molecular weight excluding hydrogens is 242 g/mol. The van der Waals surface area contributed by atoms with E-state index in [4.69, 9.17) is 0 Å². The number of benzene rings is 2. The Labute approximate surface area is 122 Å². The second kappa shape index (κ2) is 5.80. The lowest BCUT2D eigenvalue weighted by Gasteiger charge is -2.13. The van der Waals surface area contributed by atoms with E-state index in [2.05, 4.69) is 61.6 Å². The van der Waals surface area contributed by atoms with Crippen molar-refractivity contribution in [3.8, 4) is 11.1 Å². The average Bonchev–Trinajstić information content (AvgIpc) is 2.90. The first kappa shape index (κ1) is 13.4. The van der Waals surface area contributed by atoms with E-state index in [1.165, 1.54) is 40.7 Å². The van der Waals surface area contributed by atoms with Crippen LogP contribution in [0.2, 0.25) is 0 Å². The molecule has 20 heavy (non-hydrogen) atoms. The van der Waals surface area contributed by atoms with Gasteiger partial charge in [-0.05, 0) is 53.6 Å². The smallest absolute Gasteiger partial charge is 0.0326 e. The largest absolute Gasteiger partial charge is 0.310 e. The third-order valence-corrected chi connectivity index (χ3v) is 4.37. The molecule has 1 atom stereocenters. The van der Waals surface area contributed by atoms with Crippen LogP contribution in [-0.4, -0.2) is 6.54 Å². The fourth-order valence-electron chi connectivity index (χ4n) is 3.19. The van der Waals surface area contributed by atoms with Crippen molar-refractivity contribution in [2.24, 2.45) is 0 Å². The van der Waals surface area contributed by atoms with Gasteiger partial charge in [-0.3, -0.25) is 0 Å². The van der Waals surface area contributed by atoms with Gasteiger partial charge in [-0.15, -0.1) is 0 Å². The van der Waals surface area contributed by atoms with Crippen LogP contribution in [0.5, 0.6) is 0 Å². The molecule has 0 saturated heterocycles. The van der Waals surface area contributed by atoms with Crippen molar-refractivity contribution >= 4 is 0 Å².